The minimum atomic E-state index is 0.636. The van der Waals surface area contributed by atoms with Crippen molar-refractivity contribution < 1.29 is 0 Å². The molecule has 1 nitrogen and oxygen atoms in total. The van der Waals surface area contributed by atoms with Crippen molar-refractivity contribution >= 4 is 5.69 Å². The van der Waals surface area contributed by atoms with Crippen LogP contribution in [0.5, 0.6) is 0 Å². The van der Waals surface area contributed by atoms with Gasteiger partial charge in [0.25, 0.3) is 0 Å². The van der Waals surface area contributed by atoms with Gasteiger partial charge in [-0.1, -0.05) is 42.5 Å². The van der Waals surface area contributed by atoms with Crippen molar-refractivity contribution in [1.82, 2.24) is 0 Å². The molecule has 0 spiro atoms. The molecule has 0 radical (unpaired) electrons. The average molecular weight is 237 g/mol. The maximum atomic E-state index is 3.62. The van der Waals surface area contributed by atoms with E-state index in [1.807, 2.05) is 0 Å². The van der Waals surface area contributed by atoms with Crippen molar-refractivity contribution in [3.05, 3.63) is 65.7 Å². The smallest absolute Gasteiger partial charge is 0.0344 e. The van der Waals surface area contributed by atoms with Crippen molar-refractivity contribution in [1.29, 1.82) is 0 Å². The molecule has 0 unspecified atom stereocenters. The topological polar surface area (TPSA) is 12.0 Å². The van der Waals surface area contributed by atoms with Crippen LogP contribution >= 0.6 is 0 Å². The highest BCUT2D eigenvalue weighted by molar-refractivity contribution is 5.47. The Morgan fingerprint density at radius 2 is 1.72 bits per heavy atom. The van der Waals surface area contributed by atoms with Gasteiger partial charge in [0, 0.05) is 11.7 Å². The van der Waals surface area contributed by atoms with Crippen LogP contribution in [-0.2, 0) is 0 Å². The average Bonchev–Trinajstić information content (AvgIpc) is 2.34. The zero-order valence-electron chi connectivity index (χ0n) is 10.8. The molecule has 0 bridgehead atoms. The van der Waals surface area contributed by atoms with Crippen LogP contribution in [-0.4, -0.2) is 6.04 Å². The zero-order valence-corrected chi connectivity index (χ0v) is 10.8. The summed E-state index contributed by atoms with van der Waals surface area (Å²) in [6.07, 6.45) is 2.50. The fourth-order valence-corrected chi connectivity index (χ4v) is 2.70. The molecule has 0 saturated heterocycles. The summed E-state index contributed by atoms with van der Waals surface area (Å²) in [7, 11) is 0. The monoisotopic (exact) mass is 237 g/mol. The number of aryl methyl sites for hydroxylation is 1. The fraction of sp³-hybridized carbons (Fsp3) is 0.294. The summed E-state index contributed by atoms with van der Waals surface area (Å²) in [6, 6.07) is 20.1. The van der Waals surface area contributed by atoms with Gasteiger partial charge in [0.1, 0.15) is 0 Å². The van der Waals surface area contributed by atoms with E-state index in [9.17, 15) is 0 Å². The van der Waals surface area contributed by atoms with Crippen molar-refractivity contribution in [2.75, 3.05) is 5.32 Å². The second-order valence-electron chi connectivity index (χ2n) is 5.29. The fourth-order valence-electron chi connectivity index (χ4n) is 2.70. The Balaban J connectivity index is 1.57. The molecule has 1 fully saturated rings. The summed E-state index contributed by atoms with van der Waals surface area (Å²) < 4.78 is 0. The molecule has 1 heteroatoms. The Hall–Kier alpha value is -1.76. The van der Waals surface area contributed by atoms with Crippen LogP contribution in [0, 0.1) is 6.92 Å². The van der Waals surface area contributed by atoms with E-state index in [4.69, 9.17) is 0 Å². The number of anilines is 1. The van der Waals surface area contributed by atoms with Gasteiger partial charge >= 0.3 is 0 Å². The van der Waals surface area contributed by atoms with E-state index in [1.54, 1.807) is 0 Å². The third-order valence-corrected chi connectivity index (χ3v) is 3.80. The summed E-state index contributed by atoms with van der Waals surface area (Å²) in [5.74, 6) is 0.744. The molecule has 2 aromatic rings. The Bertz CT molecular complexity index is 512. The first-order valence-electron chi connectivity index (χ1n) is 6.69. The normalized spacial score (nSPS) is 22.3. The minimum absolute atomic E-state index is 0.636. The van der Waals surface area contributed by atoms with E-state index in [-0.39, 0.29) is 0 Å². The van der Waals surface area contributed by atoms with Crippen LogP contribution in [0.3, 0.4) is 0 Å². The molecule has 0 aliphatic heterocycles. The molecule has 92 valence electrons. The zero-order chi connectivity index (χ0) is 12.4. The molecular weight excluding hydrogens is 218 g/mol. The SMILES string of the molecule is Cc1cccc(NC2CC(c3ccccc3)C2)c1. The van der Waals surface area contributed by atoms with Crippen molar-refractivity contribution in [3.63, 3.8) is 0 Å². The molecule has 1 saturated carbocycles. The van der Waals surface area contributed by atoms with Crippen molar-refractivity contribution in [2.24, 2.45) is 0 Å². The highest BCUT2D eigenvalue weighted by Gasteiger charge is 2.29. The van der Waals surface area contributed by atoms with Gasteiger partial charge < -0.3 is 5.32 Å². The van der Waals surface area contributed by atoms with E-state index in [1.165, 1.54) is 29.7 Å². The van der Waals surface area contributed by atoms with Gasteiger partial charge in [0.15, 0.2) is 0 Å². The van der Waals surface area contributed by atoms with Crippen molar-refractivity contribution in [2.45, 2.75) is 31.7 Å². The first-order valence-corrected chi connectivity index (χ1v) is 6.69. The summed E-state index contributed by atoms with van der Waals surface area (Å²) in [6.45, 7) is 2.14. The van der Waals surface area contributed by atoms with Crippen LogP contribution in [0.15, 0.2) is 54.6 Å². The van der Waals surface area contributed by atoms with Gasteiger partial charge in [0.2, 0.25) is 0 Å². The predicted molar refractivity (Wildman–Crippen MR) is 77.0 cm³/mol. The largest absolute Gasteiger partial charge is 0.382 e. The molecule has 1 aliphatic carbocycles. The molecule has 0 heterocycles. The maximum absolute atomic E-state index is 3.62. The lowest BCUT2D eigenvalue weighted by atomic mass is 9.76. The van der Waals surface area contributed by atoms with E-state index in [2.05, 4.69) is 66.8 Å². The van der Waals surface area contributed by atoms with Gasteiger partial charge in [0.05, 0.1) is 0 Å². The molecule has 1 aliphatic rings. The maximum Gasteiger partial charge on any atom is 0.0344 e. The van der Waals surface area contributed by atoms with Crippen LogP contribution in [0.25, 0.3) is 0 Å². The van der Waals surface area contributed by atoms with E-state index >= 15 is 0 Å². The number of hydrogen-bond donors (Lipinski definition) is 1. The van der Waals surface area contributed by atoms with Gasteiger partial charge in [-0.05, 0) is 48.9 Å². The van der Waals surface area contributed by atoms with Crippen LogP contribution < -0.4 is 5.32 Å². The highest BCUT2D eigenvalue weighted by Crippen LogP contribution is 2.38. The molecule has 2 aromatic carbocycles. The van der Waals surface area contributed by atoms with E-state index in [0.717, 1.165) is 5.92 Å². The second-order valence-corrected chi connectivity index (χ2v) is 5.29. The second kappa shape index (κ2) is 4.85. The summed E-state index contributed by atoms with van der Waals surface area (Å²) in [5.41, 5.74) is 4.06. The first kappa shape index (κ1) is 11.3. The van der Waals surface area contributed by atoms with Crippen LogP contribution in [0.1, 0.15) is 29.9 Å². The molecule has 0 aromatic heterocycles. The van der Waals surface area contributed by atoms with E-state index in [0.29, 0.717) is 6.04 Å². The summed E-state index contributed by atoms with van der Waals surface area (Å²) in [5, 5.41) is 3.62. The molecule has 18 heavy (non-hydrogen) atoms. The minimum Gasteiger partial charge on any atom is -0.382 e. The molecular formula is C17H19N. The Morgan fingerprint density at radius 3 is 2.44 bits per heavy atom. The summed E-state index contributed by atoms with van der Waals surface area (Å²) in [4.78, 5) is 0. The Kier molecular flexibility index (Phi) is 3.06. The van der Waals surface area contributed by atoms with Gasteiger partial charge in [-0.3, -0.25) is 0 Å². The number of rotatable bonds is 3. The first-order chi connectivity index (χ1) is 8.81. The molecule has 1 N–H and O–H groups in total. The number of nitrogens with one attached hydrogen (secondary N) is 1. The standard InChI is InChI=1S/C17H19N/c1-13-6-5-9-16(10-13)18-17-11-15(12-17)14-7-3-2-4-8-14/h2-10,15,17-18H,11-12H2,1H3. The Morgan fingerprint density at radius 1 is 0.944 bits per heavy atom. The quantitative estimate of drug-likeness (QED) is 0.836. The van der Waals surface area contributed by atoms with Gasteiger partial charge in [-0.2, -0.15) is 0 Å². The van der Waals surface area contributed by atoms with Crippen LogP contribution in [0.2, 0.25) is 0 Å². The highest BCUT2D eigenvalue weighted by atomic mass is 14.9. The third-order valence-electron chi connectivity index (χ3n) is 3.80. The number of benzene rings is 2. The lowest BCUT2D eigenvalue weighted by molar-refractivity contribution is 0.374. The van der Waals surface area contributed by atoms with E-state index < -0.39 is 0 Å². The van der Waals surface area contributed by atoms with Gasteiger partial charge in [-0.15, -0.1) is 0 Å². The van der Waals surface area contributed by atoms with Gasteiger partial charge in [-0.25, -0.2) is 0 Å². The summed E-state index contributed by atoms with van der Waals surface area (Å²) >= 11 is 0. The molecule has 3 rings (SSSR count). The third kappa shape index (κ3) is 2.40. The molecule has 0 atom stereocenters. The predicted octanol–water partition coefficient (Wildman–Crippen LogP) is 4.35. The molecule has 0 amide bonds. The Labute approximate surface area is 109 Å². The lowest BCUT2D eigenvalue weighted by Crippen LogP contribution is -2.33. The lowest BCUT2D eigenvalue weighted by Gasteiger charge is -2.37. The number of hydrogen-bond acceptors (Lipinski definition) is 1. The van der Waals surface area contributed by atoms with Crippen molar-refractivity contribution in [3.8, 4) is 0 Å². The van der Waals surface area contributed by atoms with Crippen LogP contribution in [0.4, 0.5) is 5.69 Å².